The first-order valence-corrected chi connectivity index (χ1v) is 7.00. The fraction of sp³-hybridized carbons (Fsp3) is 0.500. The Bertz CT molecular complexity index is 402. The van der Waals surface area contributed by atoms with E-state index >= 15 is 0 Å². The zero-order valence-electron chi connectivity index (χ0n) is 8.81. The standard InChI is InChI=1S/C12H12Br2F2/c1-6(7-2-3-7)12(14)8-4-11(16)9(13)5-10(8)15/h4-7,12H,2-3H2,1H3. The fourth-order valence-electron chi connectivity index (χ4n) is 1.89. The number of alkyl halides is 1. The van der Waals surface area contributed by atoms with Gasteiger partial charge in [-0.2, -0.15) is 0 Å². The van der Waals surface area contributed by atoms with E-state index in [1.54, 1.807) is 0 Å². The first kappa shape index (κ1) is 12.5. The molecule has 1 aliphatic rings. The van der Waals surface area contributed by atoms with Gasteiger partial charge in [-0.25, -0.2) is 8.78 Å². The summed E-state index contributed by atoms with van der Waals surface area (Å²) in [5.74, 6) is 0.219. The average Bonchev–Trinajstić information content (AvgIpc) is 3.05. The van der Waals surface area contributed by atoms with Gasteiger partial charge in [0, 0.05) is 10.4 Å². The van der Waals surface area contributed by atoms with Gasteiger partial charge >= 0.3 is 0 Å². The van der Waals surface area contributed by atoms with Crippen LogP contribution in [0.2, 0.25) is 0 Å². The van der Waals surface area contributed by atoms with Crippen LogP contribution in [0, 0.1) is 23.5 Å². The molecule has 1 aliphatic carbocycles. The highest BCUT2D eigenvalue weighted by molar-refractivity contribution is 9.10. The van der Waals surface area contributed by atoms with Crippen molar-refractivity contribution in [1.29, 1.82) is 0 Å². The predicted octanol–water partition coefficient (Wildman–Crippen LogP) is 5.21. The van der Waals surface area contributed by atoms with Crippen molar-refractivity contribution in [3.05, 3.63) is 33.8 Å². The molecule has 0 amide bonds. The third-order valence-electron chi connectivity index (χ3n) is 3.16. The van der Waals surface area contributed by atoms with Crippen LogP contribution in [0.5, 0.6) is 0 Å². The highest BCUT2D eigenvalue weighted by Crippen LogP contribution is 2.46. The van der Waals surface area contributed by atoms with Crippen molar-refractivity contribution in [1.82, 2.24) is 0 Å². The Morgan fingerprint density at radius 1 is 1.25 bits per heavy atom. The summed E-state index contributed by atoms with van der Waals surface area (Å²) < 4.78 is 27.2. The maximum atomic E-state index is 13.7. The highest BCUT2D eigenvalue weighted by atomic mass is 79.9. The Hall–Kier alpha value is 0.0400. The Kier molecular flexibility index (Phi) is 3.69. The van der Waals surface area contributed by atoms with Gasteiger partial charge in [-0.3, -0.25) is 0 Å². The predicted molar refractivity (Wildman–Crippen MR) is 67.6 cm³/mol. The summed E-state index contributed by atoms with van der Waals surface area (Å²) in [5, 5.41) is 0. The molecule has 0 N–H and O–H groups in total. The molecule has 0 spiro atoms. The molecule has 4 heteroatoms. The van der Waals surface area contributed by atoms with E-state index in [1.807, 2.05) is 0 Å². The van der Waals surface area contributed by atoms with Gasteiger partial charge in [-0.1, -0.05) is 22.9 Å². The Labute approximate surface area is 111 Å². The molecule has 0 heterocycles. The van der Waals surface area contributed by atoms with Crippen LogP contribution < -0.4 is 0 Å². The quantitative estimate of drug-likeness (QED) is 0.517. The molecule has 2 atom stereocenters. The summed E-state index contributed by atoms with van der Waals surface area (Å²) in [4.78, 5) is -0.109. The molecule has 0 bridgehead atoms. The Balaban J connectivity index is 2.28. The van der Waals surface area contributed by atoms with Crippen molar-refractivity contribution in [2.75, 3.05) is 0 Å². The minimum atomic E-state index is -0.413. The molecule has 1 aromatic carbocycles. The molecule has 16 heavy (non-hydrogen) atoms. The average molecular weight is 354 g/mol. The van der Waals surface area contributed by atoms with Gasteiger partial charge in [0.15, 0.2) is 0 Å². The fourth-order valence-corrected chi connectivity index (χ4v) is 2.99. The van der Waals surface area contributed by atoms with Gasteiger partial charge in [-0.15, -0.1) is 0 Å². The van der Waals surface area contributed by atoms with Crippen LogP contribution in [0.25, 0.3) is 0 Å². The summed E-state index contributed by atoms with van der Waals surface area (Å²) in [7, 11) is 0. The second kappa shape index (κ2) is 4.73. The van der Waals surface area contributed by atoms with Crippen molar-refractivity contribution < 1.29 is 8.78 Å². The Morgan fingerprint density at radius 3 is 2.44 bits per heavy atom. The largest absolute Gasteiger partial charge is 0.207 e. The third-order valence-corrected chi connectivity index (χ3v) is 5.10. The zero-order valence-corrected chi connectivity index (χ0v) is 12.0. The normalized spacial score (nSPS) is 19.6. The van der Waals surface area contributed by atoms with Crippen LogP contribution in [0.15, 0.2) is 16.6 Å². The van der Waals surface area contributed by atoms with Crippen LogP contribution in [-0.4, -0.2) is 0 Å². The second-order valence-corrected chi connectivity index (χ2v) is 6.23. The maximum Gasteiger partial charge on any atom is 0.137 e. The lowest BCUT2D eigenvalue weighted by Crippen LogP contribution is -2.08. The molecule has 1 fully saturated rings. The lowest BCUT2D eigenvalue weighted by molar-refractivity contribution is 0.482. The number of benzene rings is 1. The summed E-state index contributed by atoms with van der Waals surface area (Å²) in [5.41, 5.74) is 0.417. The van der Waals surface area contributed by atoms with Gasteiger partial charge in [0.1, 0.15) is 11.6 Å². The van der Waals surface area contributed by atoms with E-state index in [-0.39, 0.29) is 15.1 Å². The number of halogens is 4. The van der Waals surface area contributed by atoms with Crippen LogP contribution in [-0.2, 0) is 0 Å². The van der Waals surface area contributed by atoms with Crippen LogP contribution in [0.1, 0.15) is 30.2 Å². The second-order valence-electron chi connectivity index (χ2n) is 4.39. The minimum Gasteiger partial charge on any atom is -0.207 e. The van der Waals surface area contributed by atoms with Gasteiger partial charge in [0.25, 0.3) is 0 Å². The summed E-state index contributed by atoms with van der Waals surface area (Å²) in [6.07, 6.45) is 2.40. The van der Waals surface area contributed by atoms with E-state index in [0.29, 0.717) is 17.4 Å². The summed E-state index contributed by atoms with van der Waals surface area (Å²) >= 11 is 6.46. The molecule has 0 aliphatic heterocycles. The van der Waals surface area contributed by atoms with Gasteiger partial charge in [0.05, 0.1) is 4.47 Å². The summed E-state index contributed by atoms with van der Waals surface area (Å²) in [6, 6.07) is 2.47. The molecule has 0 nitrogen and oxygen atoms in total. The van der Waals surface area contributed by atoms with Crippen LogP contribution in [0.4, 0.5) is 8.78 Å². The monoisotopic (exact) mass is 352 g/mol. The first-order chi connectivity index (χ1) is 7.50. The van der Waals surface area contributed by atoms with E-state index in [0.717, 1.165) is 0 Å². The highest BCUT2D eigenvalue weighted by Gasteiger charge is 2.34. The van der Waals surface area contributed by atoms with E-state index < -0.39 is 5.82 Å². The minimum absolute atomic E-state index is 0.109. The molecule has 0 saturated heterocycles. The van der Waals surface area contributed by atoms with E-state index in [4.69, 9.17) is 0 Å². The van der Waals surface area contributed by atoms with Gasteiger partial charge < -0.3 is 0 Å². The topological polar surface area (TPSA) is 0 Å². The van der Waals surface area contributed by atoms with E-state index in [9.17, 15) is 8.78 Å². The van der Waals surface area contributed by atoms with Crippen molar-refractivity contribution >= 4 is 31.9 Å². The Morgan fingerprint density at radius 2 is 1.88 bits per heavy atom. The van der Waals surface area contributed by atoms with Crippen LogP contribution in [0.3, 0.4) is 0 Å². The van der Waals surface area contributed by atoms with Crippen molar-refractivity contribution in [2.24, 2.45) is 11.8 Å². The van der Waals surface area contributed by atoms with E-state index in [2.05, 4.69) is 38.8 Å². The molecule has 1 aromatic rings. The molecule has 88 valence electrons. The van der Waals surface area contributed by atoms with Crippen molar-refractivity contribution in [3.8, 4) is 0 Å². The molecule has 1 saturated carbocycles. The molecular weight excluding hydrogens is 342 g/mol. The first-order valence-electron chi connectivity index (χ1n) is 5.29. The number of hydrogen-bond donors (Lipinski definition) is 0. The lowest BCUT2D eigenvalue weighted by Gasteiger charge is -2.19. The maximum absolute atomic E-state index is 13.7. The van der Waals surface area contributed by atoms with Gasteiger partial charge in [0.2, 0.25) is 0 Å². The zero-order chi connectivity index (χ0) is 11.9. The third kappa shape index (κ3) is 2.48. The molecule has 2 unspecified atom stereocenters. The van der Waals surface area contributed by atoms with Crippen molar-refractivity contribution in [3.63, 3.8) is 0 Å². The SMILES string of the molecule is CC(C1CC1)C(Br)c1cc(F)c(Br)cc1F. The molecule has 2 rings (SSSR count). The smallest absolute Gasteiger partial charge is 0.137 e. The number of rotatable bonds is 3. The lowest BCUT2D eigenvalue weighted by atomic mass is 9.96. The number of hydrogen-bond acceptors (Lipinski definition) is 0. The molecule has 0 aromatic heterocycles. The molecule has 0 radical (unpaired) electrons. The molecular formula is C12H12Br2F2. The summed E-state index contributed by atoms with van der Waals surface area (Å²) in [6.45, 7) is 2.08. The van der Waals surface area contributed by atoms with Crippen LogP contribution >= 0.6 is 31.9 Å². The van der Waals surface area contributed by atoms with Crippen molar-refractivity contribution in [2.45, 2.75) is 24.6 Å². The van der Waals surface area contributed by atoms with Gasteiger partial charge in [-0.05, 0) is 52.7 Å². The van der Waals surface area contributed by atoms with E-state index in [1.165, 1.54) is 25.0 Å².